The second-order valence-corrected chi connectivity index (χ2v) is 7.52. The van der Waals surface area contributed by atoms with E-state index in [1.165, 1.54) is 19.3 Å². The van der Waals surface area contributed by atoms with Gasteiger partial charge in [0.05, 0.1) is 8.45 Å². The minimum atomic E-state index is 0.0166. The first kappa shape index (κ1) is 12.4. The maximum absolute atomic E-state index is 12.0. The molecule has 1 aliphatic carbocycles. The number of rotatable bonds is 2. The van der Waals surface area contributed by atoms with Crippen molar-refractivity contribution in [3.8, 4) is 0 Å². The molecular formula is C12H16INOS. The van der Waals surface area contributed by atoms with Crippen molar-refractivity contribution in [3.05, 3.63) is 19.9 Å². The summed E-state index contributed by atoms with van der Waals surface area (Å²) < 4.78 is 1.16. The Balaban J connectivity index is 2.01. The van der Waals surface area contributed by atoms with Gasteiger partial charge < -0.3 is 5.32 Å². The summed E-state index contributed by atoms with van der Waals surface area (Å²) in [5.41, 5.74) is 0.823. The first-order valence-corrected chi connectivity index (χ1v) is 7.61. The van der Waals surface area contributed by atoms with Crippen LogP contribution >= 0.6 is 33.9 Å². The summed E-state index contributed by atoms with van der Waals surface area (Å²) in [5, 5.41) is 5.12. The molecule has 1 aromatic heterocycles. The fourth-order valence-electron chi connectivity index (χ4n) is 2.23. The number of hydrogen-bond acceptors (Lipinski definition) is 2. The molecule has 1 saturated carbocycles. The van der Waals surface area contributed by atoms with E-state index in [0.29, 0.717) is 0 Å². The molecule has 0 atom stereocenters. The molecule has 1 heterocycles. The van der Waals surface area contributed by atoms with Crippen LogP contribution in [-0.4, -0.2) is 11.4 Å². The van der Waals surface area contributed by atoms with Gasteiger partial charge in [0.2, 0.25) is 0 Å². The smallest absolute Gasteiger partial charge is 0.252 e. The summed E-state index contributed by atoms with van der Waals surface area (Å²) in [6, 6.07) is 1.95. The van der Waals surface area contributed by atoms with E-state index in [1.54, 1.807) is 11.3 Å². The fourth-order valence-corrected chi connectivity index (χ4v) is 3.56. The summed E-state index contributed by atoms with van der Waals surface area (Å²) in [6.45, 7) is 2.17. The lowest BCUT2D eigenvalue weighted by atomic mass is 9.83. The molecule has 1 amide bonds. The fraction of sp³-hybridized carbons (Fsp3) is 0.583. The van der Waals surface area contributed by atoms with E-state index in [2.05, 4.69) is 34.8 Å². The average Bonchev–Trinajstić information content (AvgIpc) is 2.65. The molecule has 0 aliphatic heterocycles. The minimum Gasteiger partial charge on any atom is -0.347 e. The van der Waals surface area contributed by atoms with Crippen molar-refractivity contribution in [3.63, 3.8) is 0 Å². The number of hydrogen-bond donors (Lipinski definition) is 1. The van der Waals surface area contributed by atoms with E-state index in [4.69, 9.17) is 0 Å². The third-order valence-electron chi connectivity index (χ3n) is 3.20. The zero-order valence-corrected chi connectivity index (χ0v) is 12.4. The van der Waals surface area contributed by atoms with Gasteiger partial charge in [0.25, 0.3) is 5.91 Å². The van der Waals surface area contributed by atoms with Gasteiger partial charge in [-0.25, -0.2) is 0 Å². The first-order chi connectivity index (χ1) is 7.59. The van der Waals surface area contributed by atoms with Crippen molar-refractivity contribution in [2.45, 2.75) is 44.6 Å². The zero-order chi connectivity index (χ0) is 11.6. The van der Waals surface area contributed by atoms with Gasteiger partial charge in [-0.3, -0.25) is 4.79 Å². The first-order valence-electron chi connectivity index (χ1n) is 5.66. The molecular weight excluding hydrogens is 333 g/mol. The number of nitrogens with one attached hydrogen (secondary N) is 1. The van der Waals surface area contributed by atoms with E-state index in [9.17, 15) is 4.79 Å². The van der Waals surface area contributed by atoms with Crippen LogP contribution in [-0.2, 0) is 0 Å². The van der Waals surface area contributed by atoms with Crippen LogP contribution in [0.15, 0.2) is 11.4 Å². The van der Waals surface area contributed by atoms with E-state index in [-0.39, 0.29) is 11.4 Å². The molecule has 0 saturated heterocycles. The van der Waals surface area contributed by atoms with Crippen molar-refractivity contribution < 1.29 is 4.79 Å². The van der Waals surface area contributed by atoms with Crippen LogP contribution < -0.4 is 5.32 Å². The van der Waals surface area contributed by atoms with Gasteiger partial charge in [0.15, 0.2) is 0 Å². The summed E-state index contributed by atoms with van der Waals surface area (Å²) in [7, 11) is 0. The monoisotopic (exact) mass is 349 g/mol. The molecule has 0 bridgehead atoms. The van der Waals surface area contributed by atoms with Crippen molar-refractivity contribution in [2.75, 3.05) is 0 Å². The molecule has 0 spiro atoms. The molecule has 1 fully saturated rings. The van der Waals surface area contributed by atoms with Crippen LogP contribution in [0.5, 0.6) is 0 Å². The molecule has 1 N–H and O–H groups in total. The minimum absolute atomic E-state index is 0.0166. The number of carbonyl (C=O) groups is 1. The molecule has 4 heteroatoms. The van der Waals surface area contributed by atoms with E-state index in [1.807, 2.05) is 11.4 Å². The molecule has 2 nitrogen and oxygen atoms in total. The van der Waals surface area contributed by atoms with Crippen LogP contribution in [0.3, 0.4) is 0 Å². The number of amides is 1. The lowest BCUT2D eigenvalue weighted by Crippen LogP contribution is -2.47. The standard InChI is InChI=1S/C12H16INOS/c1-12(5-3-2-4-6-12)14-11(15)9-7-10(13)16-8-9/h7-8H,2-6H2,1H3,(H,14,15). The molecule has 0 aromatic carbocycles. The predicted octanol–water partition coefficient (Wildman–Crippen LogP) is 3.81. The van der Waals surface area contributed by atoms with Crippen LogP contribution in [0, 0.1) is 2.88 Å². The van der Waals surface area contributed by atoms with E-state index < -0.39 is 0 Å². The Morgan fingerprint density at radius 2 is 2.12 bits per heavy atom. The van der Waals surface area contributed by atoms with Gasteiger partial charge in [-0.05, 0) is 48.4 Å². The SMILES string of the molecule is CC1(NC(=O)c2csc(I)c2)CCCCC1. The lowest BCUT2D eigenvalue weighted by Gasteiger charge is -2.34. The second-order valence-electron chi connectivity index (χ2n) is 4.71. The Morgan fingerprint density at radius 3 is 2.69 bits per heavy atom. The molecule has 1 aromatic rings. The Bertz CT molecular complexity index is 382. The van der Waals surface area contributed by atoms with Gasteiger partial charge in [-0.1, -0.05) is 19.3 Å². The van der Waals surface area contributed by atoms with E-state index >= 15 is 0 Å². The highest BCUT2D eigenvalue weighted by Crippen LogP contribution is 2.28. The number of thiophene rings is 1. The Labute approximate surface area is 114 Å². The quantitative estimate of drug-likeness (QED) is 0.809. The van der Waals surface area contributed by atoms with Gasteiger partial charge in [0.1, 0.15) is 0 Å². The van der Waals surface area contributed by atoms with Gasteiger partial charge >= 0.3 is 0 Å². The highest BCUT2D eigenvalue weighted by atomic mass is 127. The van der Waals surface area contributed by atoms with Crippen molar-refractivity contribution >= 4 is 39.8 Å². The predicted molar refractivity (Wildman–Crippen MR) is 76.0 cm³/mol. The number of carbonyl (C=O) groups excluding carboxylic acids is 1. The average molecular weight is 349 g/mol. The highest BCUT2D eigenvalue weighted by molar-refractivity contribution is 14.1. The lowest BCUT2D eigenvalue weighted by molar-refractivity contribution is 0.0883. The molecule has 1 aliphatic rings. The Kier molecular flexibility index (Phi) is 3.89. The maximum Gasteiger partial charge on any atom is 0.252 e. The zero-order valence-electron chi connectivity index (χ0n) is 9.38. The molecule has 2 rings (SSSR count). The van der Waals surface area contributed by atoms with E-state index in [0.717, 1.165) is 21.3 Å². The third kappa shape index (κ3) is 2.97. The molecule has 88 valence electrons. The van der Waals surface area contributed by atoms with Crippen molar-refractivity contribution in [1.82, 2.24) is 5.32 Å². The Hall–Kier alpha value is -0.100. The van der Waals surface area contributed by atoms with Crippen LogP contribution in [0.2, 0.25) is 0 Å². The van der Waals surface area contributed by atoms with Crippen molar-refractivity contribution in [1.29, 1.82) is 0 Å². The number of halogens is 1. The normalized spacial score (nSPS) is 19.4. The molecule has 0 radical (unpaired) electrons. The van der Waals surface area contributed by atoms with Crippen LogP contribution in [0.4, 0.5) is 0 Å². The molecule has 16 heavy (non-hydrogen) atoms. The Morgan fingerprint density at radius 1 is 1.44 bits per heavy atom. The highest BCUT2D eigenvalue weighted by Gasteiger charge is 2.28. The van der Waals surface area contributed by atoms with Gasteiger partial charge in [-0.2, -0.15) is 0 Å². The largest absolute Gasteiger partial charge is 0.347 e. The maximum atomic E-state index is 12.0. The summed E-state index contributed by atoms with van der Waals surface area (Å²) in [4.78, 5) is 12.0. The summed E-state index contributed by atoms with van der Waals surface area (Å²) >= 11 is 3.87. The second kappa shape index (κ2) is 5.04. The topological polar surface area (TPSA) is 29.1 Å². The molecule has 0 unspecified atom stereocenters. The summed E-state index contributed by atoms with van der Waals surface area (Å²) in [5.74, 6) is 0.0866. The van der Waals surface area contributed by atoms with Crippen molar-refractivity contribution in [2.24, 2.45) is 0 Å². The van der Waals surface area contributed by atoms with Crippen LogP contribution in [0.1, 0.15) is 49.4 Å². The van der Waals surface area contributed by atoms with Gasteiger partial charge in [0, 0.05) is 10.9 Å². The summed E-state index contributed by atoms with van der Waals surface area (Å²) in [6.07, 6.45) is 6.00. The van der Waals surface area contributed by atoms with Gasteiger partial charge in [-0.15, -0.1) is 11.3 Å². The van der Waals surface area contributed by atoms with Crippen LogP contribution in [0.25, 0.3) is 0 Å². The third-order valence-corrected chi connectivity index (χ3v) is 4.99.